The zero-order valence-corrected chi connectivity index (χ0v) is 11.8. The fourth-order valence-electron chi connectivity index (χ4n) is 1.99. The molecular formula is C15H15N3O3. The van der Waals surface area contributed by atoms with E-state index in [1.165, 1.54) is 0 Å². The predicted molar refractivity (Wildman–Crippen MR) is 77.0 cm³/mol. The fourth-order valence-corrected chi connectivity index (χ4v) is 1.99. The van der Waals surface area contributed by atoms with E-state index in [2.05, 4.69) is 11.2 Å². The Kier molecular flexibility index (Phi) is 3.76. The van der Waals surface area contributed by atoms with Crippen molar-refractivity contribution in [2.75, 3.05) is 0 Å². The maximum atomic E-state index is 12.3. The number of aromatic carboxylic acids is 1. The average Bonchev–Trinajstić information content (AvgIpc) is 2.46. The Labute approximate surface area is 121 Å². The number of aromatic nitrogens is 2. The van der Waals surface area contributed by atoms with E-state index in [4.69, 9.17) is 5.26 Å². The van der Waals surface area contributed by atoms with Crippen molar-refractivity contribution in [3.05, 3.63) is 40.3 Å². The predicted octanol–water partition coefficient (Wildman–Crippen LogP) is 2.03. The van der Waals surface area contributed by atoms with Crippen LogP contribution in [0.1, 0.15) is 30.8 Å². The van der Waals surface area contributed by atoms with Crippen molar-refractivity contribution in [1.82, 2.24) is 9.78 Å². The van der Waals surface area contributed by atoms with Crippen molar-refractivity contribution in [3.63, 3.8) is 0 Å². The van der Waals surface area contributed by atoms with Crippen LogP contribution in [0.3, 0.4) is 0 Å². The molecule has 6 heteroatoms. The van der Waals surface area contributed by atoms with Crippen molar-refractivity contribution in [1.29, 1.82) is 5.26 Å². The van der Waals surface area contributed by atoms with E-state index in [1.54, 1.807) is 38.1 Å². The lowest BCUT2D eigenvalue weighted by Crippen LogP contribution is -2.28. The van der Waals surface area contributed by atoms with Crippen molar-refractivity contribution in [2.24, 2.45) is 5.41 Å². The SMILES string of the molecule is CC(C)(C#N)CCn1nc(C(=O)O)c2ccccc2c1=O. The van der Waals surface area contributed by atoms with E-state index in [-0.39, 0.29) is 17.8 Å². The molecule has 6 nitrogen and oxygen atoms in total. The molecule has 2 rings (SSSR count). The average molecular weight is 285 g/mol. The van der Waals surface area contributed by atoms with Gasteiger partial charge in [0.15, 0.2) is 5.69 Å². The maximum Gasteiger partial charge on any atom is 0.357 e. The van der Waals surface area contributed by atoms with Gasteiger partial charge in [0.05, 0.1) is 16.9 Å². The monoisotopic (exact) mass is 285 g/mol. The summed E-state index contributed by atoms with van der Waals surface area (Å²) in [5.41, 5.74) is -1.10. The Morgan fingerprint density at radius 3 is 2.57 bits per heavy atom. The summed E-state index contributed by atoms with van der Waals surface area (Å²) in [4.78, 5) is 23.6. The van der Waals surface area contributed by atoms with Crippen LogP contribution in [0, 0.1) is 16.7 Å². The van der Waals surface area contributed by atoms with E-state index >= 15 is 0 Å². The second-order valence-electron chi connectivity index (χ2n) is 5.47. The molecule has 1 aromatic carbocycles. The molecule has 0 amide bonds. The van der Waals surface area contributed by atoms with Gasteiger partial charge in [0.1, 0.15) is 0 Å². The number of fused-ring (bicyclic) bond motifs is 1. The molecule has 0 spiro atoms. The molecule has 0 bridgehead atoms. The van der Waals surface area contributed by atoms with Gasteiger partial charge in [-0.2, -0.15) is 10.4 Å². The van der Waals surface area contributed by atoms with Crippen LogP contribution in [-0.2, 0) is 6.54 Å². The summed E-state index contributed by atoms with van der Waals surface area (Å²) in [5, 5.41) is 22.8. The maximum absolute atomic E-state index is 12.3. The Bertz CT molecular complexity index is 800. The van der Waals surface area contributed by atoms with Gasteiger partial charge in [-0.15, -0.1) is 0 Å². The molecule has 0 aliphatic rings. The van der Waals surface area contributed by atoms with E-state index in [0.717, 1.165) is 4.68 Å². The molecular weight excluding hydrogens is 270 g/mol. The number of carboxylic acid groups (broad SMARTS) is 1. The molecule has 0 fully saturated rings. The third-order valence-corrected chi connectivity index (χ3v) is 3.32. The lowest BCUT2D eigenvalue weighted by atomic mass is 9.91. The molecule has 0 radical (unpaired) electrons. The molecule has 0 saturated carbocycles. The van der Waals surface area contributed by atoms with Crippen LogP contribution >= 0.6 is 0 Å². The summed E-state index contributed by atoms with van der Waals surface area (Å²) < 4.78 is 1.13. The lowest BCUT2D eigenvalue weighted by Gasteiger charge is -2.15. The third kappa shape index (κ3) is 2.92. The molecule has 1 N–H and O–H groups in total. The minimum atomic E-state index is -1.18. The molecule has 0 saturated heterocycles. The normalized spacial score (nSPS) is 11.3. The smallest absolute Gasteiger partial charge is 0.357 e. The van der Waals surface area contributed by atoms with Gasteiger partial charge in [0, 0.05) is 11.9 Å². The third-order valence-electron chi connectivity index (χ3n) is 3.32. The van der Waals surface area contributed by atoms with E-state index in [1.807, 2.05) is 0 Å². The molecule has 108 valence electrons. The van der Waals surface area contributed by atoms with Gasteiger partial charge in [-0.05, 0) is 26.3 Å². The summed E-state index contributed by atoms with van der Waals surface area (Å²) in [6, 6.07) is 8.64. The molecule has 2 aromatic rings. The van der Waals surface area contributed by atoms with Gasteiger partial charge < -0.3 is 5.11 Å². The first-order chi connectivity index (χ1) is 9.85. The van der Waals surface area contributed by atoms with Crippen LogP contribution in [0.25, 0.3) is 10.8 Å². The Hall–Kier alpha value is -2.68. The first-order valence-electron chi connectivity index (χ1n) is 6.50. The van der Waals surface area contributed by atoms with Crippen molar-refractivity contribution in [2.45, 2.75) is 26.8 Å². The summed E-state index contributed by atoms with van der Waals surface area (Å²) in [6.07, 6.45) is 0.411. The number of nitrogens with zero attached hydrogens (tertiary/aromatic N) is 3. The lowest BCUT2D eigenvalue weighted by molar-refractivity contribution is 0.0690. The zero-order chi connectivity index (χ0) is 15.6. The number of rotatable bonds is 4. The molecule has 1 heterocycles. The molecule has 0 unspecified atom stereocenters. The Morgan fingerprint density at radius 2 is 2.00 bits per heavy atom. The minimum Gasteiger partial charge on any atom is -0.476 e. The van der Waals surface area contributed by atoms with Crippen LogP contribution in [0.5, 0.6) is 0 Å². The zero-order valence-electron chi connectivity index (χ0n) is 11.8. The molecule has 1 aromatic heterocycles. The summed E-state index contributed by atoms with van der Waals surface area (Å²) in [6.45, 7) is 3.72. The van der Waals surface area contributed by atoms with E-state index in [9.17, 15) is 14.7 Å². The summed E-state index contributed by atoms with van der Waals surface area (Å²) in [5.74, 6) is -1.18. The quantitative estimate of drug-likeness (QED) is 0.927. The second kappa shape index (κ2) is 5.37. The van der Waals surface area contributed by atoms with Crippen LogP contribution in [-0.4, -0.2) is 20.9 Å². The highest BCUT2D eigenvalue weighted by Crippen LogP contribution is 2.19. The van der Waals surface area contributed by atoms with E-state index < -0.39 is 11.4 Å². The molecule has 0 aliphatic heterocycles. The van der Waals surface area contributed by atoms with Crippen LogP contribution in [0.15, 0.2) is 29.1 Å². The first-order valence-corrected chi connectivity index (χ1v) is 6.50. The van der Waals surface area contributed by atoms with Gasteiger partial charge in [-0.1, -0.05) is 18.2 Å². The van der Waals surface area contributed by atoms with Gasteiger partial charge in [0.25, 0.3) is 5.56 Å². The number of hydrogen-bond acceptors (Lipinski definition) is 4. The van der Waals surface area contributed by atoms with Crippen molar-refractivity contribution < 1.29 is 9.90 Å². The van der Waals surface area contributed by atoms with Gasteiger partial charge in [0.2, 0.25) is 0 Å². The first kappa shape index (κ1) is 14.7. The fraction of sp³-hybridized carbons (Fsp3) is 0.333. The van der Waals surface area contributed by atoms with Gasteiger partial charge >= 0.3 is 5.97 Å². The van der Waals surface area contributed by atoms with Crippen LogP contribution < -0.4 is 5.56 Å². The Balaban J connectivity index is 2.56. The number of hydrogen-bond donors (Lipinski definition) is 1. The molecule has 0 aliphatic carbocycles. The molecule has 21 heavy (non-hydrogen) atoms. The van der Waals surface area contributed by atoms with Crippen molar-refractivity contribution in [3.8, 4) is 6.07 Å². The topological polar surface area (TPSA) is 96.0 Å². The number of carbonyl (C=O) groups is 1. The summed E-state index contributed by atoms with van der Waals surface area (Å²) in [7, 11) is 0. The van der Waals surface area contributed by atoms with E-state index in [0.29, 0.717) is 17.2 Å². The van der Waals surface area contributed by atoms with Crippen molar-refractivity contribution >= 4 is 16.7 Å². The van der Waals surface area contributed by atoms with Crippen LogP contribution in [0.2, 0.25) is 0 Å². The number of carboxylic acids is 1. The van der Waals surface area contributed by atoms with Gasteiger partial charge in [-0.3, -0.25) is 4.79 Å². The largest absolute Gasteiger partial charge is 0.476 e. The van der Waals surface area contributed by atoms with Gasteiger partial charge in [-0.25, -0.2) is 9.48 Å². The number of aryl methyl sites for hydroxylation is 1. The minimum absolute atomic E-state index is 0.153. The standard InChI is InChI=1S/C15H15N3O3/c1-15(2,9-16)7-8-18-13(19)11-6-4-3-5-10(11)12(17-18)14(20)21/h3-6H,7-8H2,1-2H3,(H,20,21). The second-order valence-corrected chi connectivity index (χ2v) is 5.47. The number of nitriles is 1. The highest BCUT2D eigenvalue weighted by Gasteiger charge is 2.19. The number of benzene rings is 1. The molecule has 0 atom stereocenters. The van der Waals surface area contributed by atoms with Crippen LogP contribution in [0.4, 0.5) is 0 Å². The summed E-state index contributed by atoms with van der Waals surface area (Å²) >= 11 is 0. The Morgan fingerprint density at radius 1 is 1.38 bits per heavy atom. The highest BCUT2D eigenvalue weighted by molar-refractivity contribution is 6.01. The highest BCUT2D eigenvalue weighted by atomic mass is 16.4.